The lowest BCUT2D eigenvalue weighted by Gasteiger charge is -2.11. The zero-order chi connectivity index (χ0) is 14.7. The maximum atomic E-state index is 12.3. The number of benzene rings is 1. The highest BCUT2D eigenvalue weighted by Gasteiger charge is 2.13. The molecule has 1 aromatic carbocycles. The number of aromatic nitrogens is 1. The number of nitrogens with two attached hydrogens (primary N) is 1. The number of carbonyl (C=O) groups is 1. The van der Waals surface area contributed by atoms with Crippen LogP contribution in [-0.4, -0.2) is 10.9 Å². The van der Waals surface area contributed by atoms with Crippen LogP contribution in [0, 0.1) is 6.92 Å². The number of rotatable bonds is 3. The van der Waals surface area contributed by atoms with Gasteiger partial charge in [-0.05, 0) is 52.7 Å². The third-order valence-electron chi connectivity index (χ3n) is 2.66. The van der Waals surface area contributed by atoms with Crippen molar-refractivity contribution >= 4 is 44.9 Å². The molecule has 4 N–H and O–H groups in total. The number of carbonyl (C=O) groups excluding carboxylic acids is 1. The van der Waals surface area contributed by atoms with Crippen molar-refractivity contribution in [1.82, 2.24) is 4.98 Å². The maximum Gasteiger partial charge on any atom is 0.259 e. The molecule has 0 saturated carbocycles. The Morgan fingerprint density at radius 2 is 2.15 bits per heavy atom. The summed E-state index contributed by atoms with van der Waals surface area (Å²) in [7, 11) is 0. The average Bonchev–Trinajstić information content (AvgIpc) is 2.41. The molecule has 0 radical (unpaired) electrons. The van der Waals surface area contributed by atoms with E-state index in [9.17, 15) is 4.79 Å². The largest absolute Gasteiger partial charge is 0.323 e. The van der Waals surface area contributed by atoms with Crippen molar-refractivity contribution in [2.45, 2.75) is 6.92 Å². The fourth-order valence-electron chi connectivity index (χ4n) is 1.68. The molecule has 0 bridgehead atoms. The van der Waals surface area contributed by atoms with Crippen LogP contribution in [0.3, 0.4) is 0 Å². The summed E-state index contributed by atoms with van der Waals surface area (Å²) >= 11 is 9.22. The predicted octanol–water partition coefficient (Wildman–Crippen LogP) is 3.34. The molecule has 104 valence electrons. The van der Waals surface area contributed by atoms with Gasteiger partial charge in [0.25, 0.3) is 5.91 Å². The van der Waals surface area contributed by atoms with Gasteiger partial charge in [0.05, 0.1) is 11.3 Å². The van der Waals surface area contributed by atoms with Gasteiger partial charge in [-0.3, -0.25) is 10.6 Å². The molecular weight excluding hydrogens is 344 g/mol. The van der Waals surface area contributed by atoms with Crippen LogP contribution in [0.1, 0.15) is 15.9 Å². The fourth-order valence-corrected chi connectivity index (χ4v) is 2.29. The molecule has 0 aliphatic rings. The van der Waals surface area contributed by atoms with E-state index in [0.717, 1.165) is 10.0 Å². The Hall–Kier alpha value is -1.63. The van der Waals surface area contributed by atoms with Crippen molar-refractivity contribution in [3.05, 3.63) is 51.1 Å². The lowest BCUT2D eigenvalue weighted by molar-refractivity contribution is 0.102. The summed E-state index contributed by atoms with van der Waals surface area (Å²) in [5, 5.41) is 3.18. The minimum atomic E-state index is -0.335. The standard InChI is InChI=1S/C13H12BrClN4O/c1-7-4-8(14)6-17-12(7)18-13(20)10-5-9(15)2-3-11(10)19-16/h2-6,19H,16H2,1H3,(H,17,18,20). The van der Waals surface area contributed by atoms with Gasteiger partial charge in [0.15, 0.2) is 0 Å². The van der Waals surface area contributed by atoms with E-state index < -0.39 is 0 Å². The molecule has 1 amide bonds. The molecule has 0 saturated heterocycles. The van der Waals surface area contributed by atoms with Gasteiger partial charge in [0.1, 0.15) is 5.82 Å². The second kappa shape index (κ2) is 6.21. The lowest BCUT2D eigenvalue weighted by atomic mass is 10.1. The number of aryl methyl sites for hydroxylation is 1. The molecule has 0 spiro atoms. The zero-order valence-corrected chi connectivity index (χ0v) is 12.9. The third-order valence-corrected chi connectivity index (χ3v) is 3.33. The van der Waals surface area contributed by atoms with E-state index in [1.807, 2.05) is 13.0 Å². The first-order valence-electron chi connectivity index (χ1n) is 5.71. The molecule has 7 heteroatoms. The van der Waals surface area contributed by atoms with E-state index in [2.05, 4.69) is 31.7 Å². The highest BCUT2D eigenvalue weighted by Crippen LogP contribution is 2.22. The third kappa shape index (κ3) is 3.27. The Morgan fingerprint density at radius 1 is 1.40 bits per heavy atom. The Morgan fingerprint density at radius 3 is 2.80 bits per heavy atom. The Labute approximate surface area is 129 Å². The number of amides is 1. The lowest BCUT2D eigenvalue weighted by Crippen LogP contribution is -2.18. The Kier molecular flexibility index (Phi) is 4.59. The summed E-state index contributed by atoms with van der Waals surface area (Å²) < 4.78 is 0.847. The molecule has 0 aliphatic heterocycles. The quantitative estimate of drug-likeness (QED) is 0.583. The van der Waals surface area contributed by atoms with E-state index in [1.165, 1.54) is 0 Å². The van der Waals surface area contributed by atoms with Gasteiger partial charge >= 0.3 is 0 Å². The normalized spacial score (nSPS) is 10.2. The van der Waals surface area contributed by atoms with E-state index in [1.54, 1.807) is 24.4 Å². The first-order valence-corrected chi connectivity index (χ1v) is 6.88. The number of nitrogens with zero attached hydrogens (tertiary/aromatic N) is 1. The molecular formula is C13H12BrClN4O. The second-order valence-corrected chi connectivity index (χ2v) is 5.46. The Balaban J connectivity index is 2.30. The van der Waals surface area contributed by atoms with Crippen LogP contribution in [-0.2, 0) is 0 Å². The molecule has 0 atom stereocenters. The summed E-state index contributed by atoms with van der Waals surface area (Å²) in [6.07, 6.45) is 1.61. The fraction of sp³-hybridized carbons (Fsp3) is 0.0769. The number of nitrogen functional groups attached to an aromatic ring is 1. The van der Waals surface area contributed by atoms with Gasteiger partial charge in [-0.2, -0.15) is 0 Å². The number of hydrazine groups is 1. The zero-order valence-electron chi connectivity index (χ0n) is 10.6. The average molecular weight is 356 g/mol. The number of halogens is 2. The van der Waals surface area contributed by atoms with Crippen molar-refractivity contribution in [3.8, 4) is 0 Å². The number of hydrogen-bond donors (Lipinski definition) is 3. The van der Waals surface area contributed by atoms with Crippen LogP contribution < -0.4 is 16.6 Å². The monoisotopic (exact) mass is 354 g/mol. The smallest absolute Gasteiger partial charge is 0.259 e. The number of anilines is 2. The Bertz CT molecular complexity index is 663. The molecule has 20 heavy (non-hydrogen) atoms. The topological polar surface area (TPSA) is 80.0 Å². The highest BCUT2D eigenvalue weighted by molar-refractivity contribution is 9.10. The first kappa shape index (κ1) is 14.8. The van der Waals surface area contributed by atoms with Crippen LogP contribution >= 0.6 is 27.5 Å². The summed E-state index contributed by atoms with van der Waals surface area (Å²) in [6.45, 7) is 1.85. The van der Waals surface area contributed by atoms with Crippen molar-refractivity contribution in [2.75, 3.05) is 10.7 Å². The van der Waals surface area contributed by atoms with Gasteiger partial charge in [-0.15, -0.1) is 0 Å². The van der Waals surface area contributed by atoms with Crippen molar-refractivity contribution < 1.29 is 4.79 Å². The molecule has 2 rings (SSSR count). The molecule has 0 fully saturated rings. The molecule has 0 unspecified atom stereocenters. The second-order valence-electron chi connectivity index (χ2n) is 4.11. The SMILES string of the molecule is Cc1cc(Br)cnc1NC(=O)c1cc(Cl)ccc1NN. The first-order chi connectivity index (χ1) is 9.51. The summed E-state index contributed by atoms with van der Waals surface area (Å²) in [5.74, 6) is 5.54. The summed E-state index contributed by atoms with van der Waals surface area (Å²) in [4.78, 5) is 16.4. The van der Waals surface area contributed by atoms with Crippen LogP contribution in [0.5, 0.6) is 0 Å². The van der Waals surface area contributed by atoms with Gasteiger partial charge in [0.2, 0.25) is 0 Å². The predicted molar refractivity (Wildman–Crippen MR) is 83.9 cm³/mol. The molecule has 0 aliphatic carbocycles. The molecule has 2 aromatic rings. The maximum absolute atomic E-state index is 12.3. The number of hydrogen-bond acceptors (Lipinski definition) is 4. The number of pyridine rings is 1. The molecule has 1 heterocycles. The van der Waals surface area contributed by atoms with Gasteiger partial charge in [0, 0.05) is 15.7 Å². The van der Waals surface area contributed by atoms with Crippen LogP contribution in [0.2, 0.25) is 5.02 Å². The molecule has 5 nitrogen and oxygen atoms in total. The summed E-state index contributed by atoms with van der Waals surface area (Å²) in [5.41, 5.74) is 4.15. The highest BCUT2D eigenvalue weighted by atomic mass is 79.9. The van der Waals surface area contributed by atoms with E-state index in [-0.39, 0.29) is 5.91 Å². The van der Waals surface area contributed by atoms with Crippen LogP contribution in [0.15, 0.2) is 34.9 Å². The molecule has 1 aromatic heterocycles. The van der Waals surface area contributed by atoms with Crippen molar-refractivity contribution in [3.63, 3.8) is 0 Å². The minimum absolute atomic E-state index is 0.335. The van der Waals surface area contributed by atoms with E-state index in [4.69, 9.17) is 17.4 Å². The van der Waals surface area contributed by atoms with E-state index in [0.29, 0.717) is 22.1 Å². The van der Waals surface area contributed by atoms with Gasteiger partial charge in [-0.25, -0.2) is 4.98 Å². The van der Waals surface area contributed by atoms with Crippen LogP contribution in [0.25, 0.3) is 0 Å². The van der Waals surface area contributed by atoms with E-state index >= 15 is 0 Å². The van der Waals surface area contributed by atoms with Crippen molar-refractivity contribution in [1.29, 1.82) is 0 Å². The summed E-state index contributed by atoms with van der Waals surface area (Å²) in [6, 6.07) is 6.69. The van der Waals surface area contributed by atoms with Crippen LogP contribution in [0.4, 0.5) is 11.5 Å². The van der Waals surface area contributed by atoms with Gasteiger partial charge in [-0.1, -0.05) is 11.6 Å². The van der Waals surface area contributed by atoms with Gasteiger partial charge < -0.3 is 10.7 Å². The van der Waals surface area contributed by atoms with Crippen molar-refractivity contribution in [2.24, 2.45) is 5.84 Å². The number of nitrogens with one attached hydrogen (secondary N) is 2. The minimum Gasteiger partial charge on any atom is -0.323 e.